The van der Waals surface area contributed by atoms with E-state index in [0.717, 1.165) is 6.16 Å². The fourth-order valence-electron chi connectivity index (χ4n) is 0.118. The van der Waals surface area contributed by atoms with Gasteiger partial charge in [-0.3, -0.25) is 0 Å². The molecule has 0 spiro atoms. The Hall–Kier alpha value is 0.170. The van der Waals surface area contributed by atoms with Gasteiger partial charge >= 0.3 is 0 Å². The molecule has 0 rings (SSSR count). The molecule has 0 nitrogen and oxygen atoms in total. The topological polar surface area (TPSA) is 0 Å². The molecule has 0 aliphatic carbocycles. The molecule has 0 aromatic heterocycles. The first-order valence-corrected chi connectivity index (χ1v) is 2.38. The average Bonchev–Trinajstić information content (AvgIpc) is 1.41. The summed E-state index contributed by atoms with van der Waals surface area (Å²) in [7, 11) is 3.26. The van der Waals surface area contributed by atoms with Gasteiger partial charge in [-0.15, -0.1) is 0 Å². The summed E-state index contributed by atoms with van der Waals surface area (Å²) in [4.78, 5) is 0. The minimum Gasteiger partial charge on any atom is -0.0951 e. The fourth-order valence-corrected chi connectivity index (χ4v) is 0.354. The van der Waals surface area contributed by atoms with Gasteiger partial charge in [0.25, 0.3) is 0 Å². The molecular formula is C4H8P. The second-order valence-electron chi connectivity index (χ2n) is 0.773. The Bertz CT molecular complexity index is 30.6. The number of rotatable bonds is 1. The lowest BCUT2D eigenvalue weighted by Crippen LogP contribution is -1.49. The van der Waals surface area contributed by atoms with Crippen LogP contribution in [0.1, 0.15) is 6.92 Å². The Morgan fingerprint density at radius 3 is 2.40 bits per heavy atom. The van der Waals surface area contributed by atoms with Crippen molar-refractivity contribution >= 4 is 9.24 Å². The van der Waals surface area contributed by atoms with Gasteiger partial charge in [0, 0.05) is 0 Å². The van der Waals surface area contributed by atoms with E-state index >= 15 is 0 Å². The van der Waals surface area contributed by atoms with E-state index in [1.165, 1.54) is 0 Å². The second kappa shape index (κ2) is 4.17. The fraction of sp³-hybridized carbons (Fsp3) is 0.500. The normalized spacial score (nSPS) is 10.0. The quantitative estimate of drug-likeness (QED) is 0.337. The van der Waals surface area contributed by atoms with E-state index in [0.29, 0.717) is 0 Å². The van der Waals surface area contributed by atoms with Gasteiger partial charge in [-0.05, 0) is 13.1 Å². The van der Waals surface area contributed by atoms with Gasteiger partial charge in [-0.25, -0.2) is 0 Å². The van der Waals surface area contributed by atoms with Gasteiger partial charge in [0.15, 0.2) is 0 Å². The summed E-state index contributed by atoms with van der Waals surface area (Å²) in [5, 5.41) is 0. The molecule has 0 bridgehead atoms. The maximum atomic E-state index is 3.26. The van der Waals surface area contributed by atoms with Crippen molar-refractivity contribution in [1.29, 1.82) is 0 Å². The van der Waals surface area contributed by atoms with E-state index in [4.69, 9.17) is 0 Å². The Balaban J connectivity index is 2.62. The van der Waals surface area contributed by atoms with Gasteiger partial charge in [-0.2, -0.15) is 0 Å². The van der Waals surface area contributed by atoms with Crippen molar-refractivity contribution in [2.45, 2.75) is 6.92 Å². The molecule has 0 aromatic rings. The zero-order chi connectivity index (χ0) is 4.12. The predicted molar refractivity (Wildman–Crippen MR) is 28.0 cm³/mol. The van der Waals surface area contributed by atoms with Crippen LogP contribution >= 0.6 is 9.24 Å². The number of hydrogen-bond donors (Lipinski definition) is 0. The minimum atomic E-state index is 0.969. The second-order valence-corrected chi connectivity index (χ2v) is 1.18. The van der Waals surface area contributed by atoms with Crippen molar-refractivity contribution in [2.24, 2.45) is 0 Å². The first-order chi connectivity index (χ1) is 2.41. The maximum absolute atomic E-state index is 3.26. The highest BCUT2D eigenvalue weighted by molar-refractivity contribution is 7.16. The van der Waals surface area contributed by atoms with Crippen LogP contribution in [0.5, 0.6) is 0 Å². The molecule has 0 aliphatic heterocycles. The molecule has 0 aliphatic rings. The van der Waals surface area contributed by atoms with Crippen LogP contribution in [0, 0.1) is 0 Å². The lowest BCUT2D eigenvalue weighted by atomic mass is 10.6. The van der Waals surface area contributed by atoms with E-state index in [1.54, 1.807) is 0 Å². The molecule has 0 unspecified atom stereocenters. The van der Waals surface area contributed by atoms with Gasteiger partial charge in [0.05, 0.1) is 0 Å². The van der Waals surface area contributed by atoms with E-state index in [-0.39, 0.29) is 0 Å². The average molecular weight is 87.1 g/mol. The Kier molecular flexibility index (Phi) is 4.31. The van der Waals surface area contributed by atoms with Crippen LogP contribution in [0.15, 0.2) is 12.2 Å². The van der Waals surface area contributed by atoms with E-state index in [9.17, 15) is 0 Å². The van der Waals surface area contributed by atoms with Crippen molar-refractivity contribution in [2.75, 3.05) is 6.16 Å². The van der Waals surface area contributed by atoms with Crippen molar-refractivity contribution < 1.29 is 0 Å². The zero-order valence-corrected chi connectivity index (χ0v) is 4.36. The van der Waals surface area contributed by atoms with Crippen LogP contribution in [-0.2, 0) is 0 Å². The van der Waals surface area contributed by atoms with Crippen LogP contribution in [-0.4, -0.2) is 6.16 Å². The van der Waals surface area contributed by atoms with Gasteiger partial charge in [0.1, 0.15) is 0 Å². The highest BCUT2D eigenvalue weighted by atomic mass is 31.0. The summed E-state index contributed by atoms with van der Waals surface area (Å²) in [5.74, 6) is 0. The van der Waals surface area contributed by atoms with Gasteiger partial charge < -0.3 is 0 Å². The highest BCUT2D eigenvalue weighted by Gasteiger charge is 1.52. The third-order valence-electron chi connectivity index (χ3n) is 0.354. The van der Waals surface area contributed by atoms with Gasteiger partial charge in [-0.1, -0.05) is 21.4 Å². The first kappa shape index (κ1) is 5.17. The lowest BCUT2D eigenvalue weighted by Gasteiger charge is -1.64. The molecule has 5 heavy (non-hydrogen) atoms. The summed E-state index contributed by atoms with van der Waals surface area (Å²) in [5.41, 5.74) is 0. The summed E-state index contributed by atoms with van der Waals surface area (Å²) in [6, 6.07) is 0. The molecular weight excluding hydrogens is 79.0 g/mol. The molecule has 0 heterocycles. The molecule has 0 saturated heterocycles. The SMILES string of the molecule is C/C=C/C[PH]. The molecule has 0 atom stereocenters. The Labute approximate surface area is 35.5 Å². The van der Waals surface area contributed by atoms with Gasteiger partial charge in [0.2, 0.25) is 0 Å². The third-order valence-corrected chi connectivity index (χ3v) is 0.589. The molecule has 29 valence electrons. The van der Waals surface area contributed by atoms with Crippen molar-refractivity contribution in [3.05, 3.63) is 12.2 Å². The van der Waals surface area contributed by atoms with Crippen molar-refractivity contribution in [3.8, 4) is 0 Å². The van der Waals surface area contributed by atoms with Crippen LogP contribution in [0.25, 0.3) is 0 Å². The predicted octanol–water partition coefficient (Wildman–Crippen LogP) is 1.71. The minimum absolute atomic E-state index is 0.969. The molecule has 0 N–H and O–H groups in total. The largest absolute Gasteiger partial charge is 0.0951 e. The number of allylic oxidation sites excluding steroid dienone is 2. The maximum Gasteiger partial charge on any atom is -0.0136 e. The molecule has 1 heteroatoms. The Morgan fingerprint density at radius 2 is 2.40 bits per heavy atom. The van der Waals surface area contributed by atoms with Crippen molar-refractivity contribution in [3.63, 3.8) is 0 Å². The van der Waals surface area contributed by atoms with Crippen LogP contribution in [0.3, 0.4) is 0 Å². The first-order valence-electron chi connectivity index (χ1n) is 1.67. The smallest absolute Gasteiger partial charge is 0.0136 e. The summed E-state index contributed by atoms with van der Waals surface area (Å²) >= 11 is 0. The van der Waals surface area contributed by atoms with E-state index in [2.05, 4.69) is 9.24 Å². The summed E-state index contributed by atoms with van der Waals surface area (Å²) in [6.07, 6.45) is 5.01. The van der Waals surface area contributed by atoms with Crippen molar-refractivity contribution in [1.82, 2.24) is 0 Å². The molecule has 0 saturated carbocycles. The van der Waals surface area contributed by atoms with Crippen LogP contribution in [0.4, 0.5) is 0 Å². The molecule has 0 amide bonds. The van der Waals surface area contributed by atoms with E-state index < -0.39 is 0 Å². The monoisotopic (exact) mass is 87.0 g/mol. The zero-order valence-electron chi connectivity index (χ0n) is 3.36. The highest BCUT2D eigenvalue weighted by Crippen LogP contribution is 1.78. The molecule has 1 radical (unpaired) electrons. The summed E-state index contributed by atoms with van der Waals surface area (Å²) < 4.78 is 0. The number of hydrogen-bond acceptors (Lipinski definition) is 0. The molecule has 0 aromatic carbocycles. The van der Waals surface area contributed by atoms with Crippen LogP contribution < -0.4 is 0 Å². The lowest BCUT2D eigenvalue weighted by molar-refractivity contribution is 1.66. The Morgan fingerprint density at radius 1 is 1.80 bits per heavy atom. The standard InChI is InChI=1S/C4H8P/c1-2-3-4-5/h2-3,5H,4H2,1H3/b3-2+. The van der Waals surface area contributed by atoms with E-state index in [1.807, 2.05) is 19.1 Å². The third kappa shape index (κ3) is 4.17. The van der Waals surface area contributed by atoms with Crippen LogP contribution in [0.2, 0.25) is 0 Å². The molecule has 0 fully saturated rings. The summed E-state index contributed by atoms with van der Waals surface area (Å²) in [6.45, 7) is 2.00.